The second-order valence-electron chi connectivity index (χ2n) is 7.03. The summed E-state index contributed by atoms with van der Waals surface area (Å²) in [5, 5.41) is 2.97. The van der Waals surface area contributed by atoms with E-state index in [-0.39, 0.29) is 11.7 Å². The molecule has 0 bridgehead atoms. The standard InChI is InChI=1S/C22H28FN3OS/c23-21-9-5-4-8-20(21)18-28-15-10-24-22(27)17-26-13-11-25(12-14-26)16-19-6-2-1-3-7-19/h1-9H,10-18H2,(H,24,27). The monoisotopic (exact) mass is 401 g/mol. The van der Waals surface area contributed by atoms with E-state index in [0.29, 0.717) is 24.4 Å². The highest BCUT2D eigenvalue weighted by molar-refractivity contribution is 7.98. The number of halogens is 1. The van der Waals surface area contributed by atoms with Crippen molar-refractivity contribution in [1.29, 1.82) is 0 Å². The van der Waals surface area contributed by atoms with Crippen LogP contribution in [0.1, 0.15) is 11.1 Å². The summed E-state index contributed by atoms with van der Waals surface area (Å²) < 4.78 is 13.5. The minimum absolute atomic E-state index is 0.0722. The third-order valence-electron chi connectivity index (χ3n) is 4.87. The largest absolute Gasteiger partial charge is 0.354 e. The highest BCUT2D eigenvalue weighted by Crippen LogP contribution is 2.14. The highest BCUT2D eigenvalue weighted by Gasteiger charge is 2.18. The smallest absolute Gasteiger partial charge is 0.234 e. The number of rotatable bonds is 9. The van der Waals surface area contributed by atoms with E-state index >= 15 is 0 Å². The average molecular weight is 402 g/mol. The van der Waals surface area contributed by atoms with Crippen molar-refractivity contribution < 1.29 is 9.18 Å². The van der Waals surface area contributed by atoms with Gasteiger partial charge in [0.15, 0.2) is 0 Å². The molecule has 0 saturated carbocycles. The summed E-state index contributed by atoms with van der Waals surface area (Å²) in [7, 11) is 0. The molecule has 0 aromatic heterocycles. The van der Waals surface area contributed by atoms with Crippen LogP contribution in [0.15, 0.2) is 54.6 Å². The maximum Gasteiger partial charge on any atom is 0.234 e. The van der Waals surface area contributed by atoms with Gasteiger partial charge < -0.3 is 5.32 Å². The van der Waals surface area contributed by atoms with Crippen molar-refractivity contribution in [3.8, 4) is 0 Å². The van der Waals surface area contributed by atoms with Crippen molar-refractivity contribution in [2.45, 2.75) is 12.3 Å². The first-order valence-corrected chi connectivity index (χ1v) is 10.9. The molecule has 28 heavy (non-hydrogen) atoms. The molecule has 0 unspecified atom stereocenters. The van der Waals surface area contributed by atoms with Crippen LogP contribution in [0.3, 0.4) is 0 Å². The Balaban J connectivity index is 1.26. The molecule has 4 nitrogen and oxygen atoms in total. The predicted molar refractivity (Wildman–Crippen MR) is 114 cm³/mol. The summed E-state index contributed by atoms with van der Waals surface area (Å²) in [4.78, 5) is 16.8. The number of thioether (sulfide) groups is 1. The third-order valence-corrected chi connectivity index (χ3v) is 5.87. The van der Waals surface area contributed by atoms with Gasteiger partial charge >= 0.3 is 0 Å². The molecule has 0 aliphatic carbocycles. The van der Waals surface area contributed by atoms with Gasteiger partial charge in [0.2, 0.25) is 5.91 Å². The Bertz CT molecular complexity index is 736. The van der Waals surface area contributed by atoms with Crippen LogP contribution < -0.4 is 5.32 Å². The van der Waals surface area contributed by atoms with Crippen molar-refractivity contribution in [2.24, 2.45) is 0 Å². The number of carbonyl (C=O) groups excluding carboxylic acids is 1. The molecule has 150 valence electrons. The van der Waals surface area contributed by atoms with E-state index < -0.39 is 0 Å². The third kappa shape index (κ3) is 6.93. The second kappa shape index (κ2) is 11.2. The van der Waals surface area contributed by atoms with E-state index in [1.165, 1.54) is 11.6 Å². The molecule has 6 heteroatoms. The number of piperazine rings is 1. The Morgan fingerprint density at radius 1 is 0.964 bits per heavy atom. The number of hydrogen-bond acceptors (Lipinski definition) is 4. The summed E-state index contributed by atoms with van der Waals surface area (Å²) in [6.45, 7) is 5.86. The summed E-state index contributed by atoms with van der Waals surface area (Å²) in [6, 6.07) is 17.3. The van der Waals surface area contributed by atoms with Gasteiger partial charge in [-0.25, -0.2) is 4.39 Å². The fraction of sp³-hybridized carbons (Fsp3) is 0.409. The molecular formula is C22H28FN3OS. The van der Waals surface area contributed by atoms with Gasteiger partial charge in [-0.3, -0.25) is 14.6 Å². The molecule has 0 spiro atoms. The van der Waals surface area contributed by atoms with Crippen molar-refractivity contribution in [2.75, 3.05) is 45.0 Å². The Hall–Kier alpha value is -1.89. The van der Waals surface area contributed by atoms with Gasteiger partial charge in [-0.15, -0.1) is 0 Å². The van der Waals surface area contributed by atoms with Gasteiger partial charge in [0, 0.05) is 50.8 Å². The van der Waals surface area contributed by atoms with E-state index in [1.807, 2.05) is 12.1 Å². The number of hydrogen-bond donors (Lipinski definition) is 1. The lowest BCUT2D eigenvalue weighted by Crippen LogP contribution is -2.49. The molecule has 3 rings (SSSR count). The van der Waals surface area contributed by atoms with E-state index in [0.717, 1.165) is 38.5 Å². The van der Waals surface area contributed by atoms with Crippen LogP contribution in [0, 0.1) is 5.82 Å². The van der Waals surface area contributed by atoms with Gasteiger partial charge in [-0.1, -0.05) is 48.5 Å². The molecule has 0 atom stereocenters. The van der Waals surface area contributed by atoms with E-state index in [2.05, 4.69) is 39.4 Å². The minimum Gasteiger partial charge on any atom is -0.354 e. The summed E-state index contributed by atoms with van der Waals surface area (Å²) in [6.07, 6.45) is 0. The lowest BCUT2D eigenvalue weighted by atomic mass is 10.2. The molecule has 1 amide bonds. The maximum atomic E-state index is 13.5. The molecule has 1 aliphatic rings. The van der Waals surface area contributed by atoms with Gasteiger partial charge in [-0.05, 0) is 17.2 Å². The first-order valence-electron chi connectivity index (χ1n) is 9.77. The van der Waals surface area contributed by atoms with Crippen molar-refractivity contribution in [3.05, 3.63) is 71.5 Å². The molecule has 1 fully saturated rings. The fourth-order valence-corrected chi connectivity index (χ4v) is 4.11. The zero-order valence-electron chi connectivity index (χ0n) is 16.1. The topological polar surface area (TPSA) is 35.6 Å². The Morgan fingerprint density at radius 2 is 1.64 bits per heavy atom. The van der Waals surface area contributed by atoms with Crippen molar-refractivity contribution >= 4 is 17.7 Å². The van der Waals surface area contributed by atoms with Crippen LogP contribution in [-0.4, -0.2) is 60.7 Å². The zero-order chi connectivity index (χ0) is 19.6. The molecule has 0 radical (unpaired) electrons. The first-order chi connectivity index (χ1) is 13.7. The lowest BCUT2D eigenvalue weighted by molar-refractivity contribution is -0.122. The minimum atomic E-state index is -0.162. The maximum absolute atomic E-state index is 13.5. The summed E-state index contributed by atoms with van der Waals surface area (Å²) in [5.74, 6) is 1.32. The predicted octanol–water partition coefficient (Wildman–Crippen LogP) is 2.99. The molecular weight excluding hydrogens is 373 g/mol. The van der Waals surface area contributed by atoms with E-state index in [9.17, 15) is 9.18 Å². The lowest BCUT2D eigenvalue weighted by Gasteiger charge is -2.34. The van der Waals surface area contributed by atoms with Crippen LogP contribution in [0.4, 0.5) is 4.39 Å². The second-order valence-corrected chi connectivity index (χ2v) is 8.14. The summed E-state index contributed by atoms with van der Waals surface area (Å²) >= 11 is 1.63. The number of nitrogens with one attached hydrogen (secondary N) is 1. The van der Waals surface area contributed by atoms with Gasteiger partial charge in [0.05, 0.1) is 6.54 Å². The molecule has 2 aromatic rings. The number of benzene rings is 2. The molecule has 1 aliphatic heterocycles. The molecule has 1 heterocycles. The normalized spacial score (nSPS) is 15.5. The van der Waals surface area contributed by atoms with Crippen molar-refractivity contribution in [3.63, 3.8) is 0 Å². The van der Waals surface area contributed by atoms with Gasteiger partial charge in [0.25, 0.3) is 0 Å². The molecule has 1 N–H and O–H groups in total. The van der Waals surface area contributed by atoms with Crippen LogP contribution in [0.25, 0.3) is 0 Å². The van der Waals surface area contributed by atoms with Crippen molar-refractivity contribution in [1.82, 2.24) is 15.1 Å². The number of carbonyl (C=O) groups is 1. The molecule has 2 aromatic carbocycles. The zero-order valence-corrected chi connectivity index (χ0v) is 17.0. The first kappa shape index (κ1) is 20.8. The van der Waals surface area contributed by atoms with Crippen LogP contribution >= 0.6 is 11.8 Å². The quantitative estimate of drug-likeness (QED) is 0.656. The van der Waals surface area contributed by atoms with Crippen LogP contribution in [-0.2, 0) is 17.1 Å². The van der Waals surface area contributed by atoms with Gasteiger partial charge in [0.1, 0.15) is 5.82 Å². The Morgan fingerprint density at radius 3 is 2.39 bits per heavy atom. The van der Waals surface area contributed by atoms with E-state index in [4.69, 9.17) is 0 Å². The highest BCUT2D eigenvalue weighted by atomic mass is 32.2. The molecule has 1 saturated heterocycles. The van der Waals surface area contributed by atoms with Gasteiger partial charge in [-0.2, -0.15) is 11.8 Å². The van der Waals surface area contributed by atoms with Crippen LogP contribution in [0.2, 0.25) is 0 Å². The Labute approximate surface area is 171 Å². The van der Waals surface area contributed by atoms with E-state index in [1.54, 1.807) is 23.9 Å². The SMILES string of the molecule is O=C(CN1CCN(Cc2ccccc2)CC1)NCCSCc1ccccc1F. The Kier molecular flexibility index (Phi) is 8.33. The average Bonchev–Trinajstić information content (AvgIpc) is 2.71. The number of nitrogens with zero attached hydrogens (tertiary/aromatic N) is 2. The number of amides is 1. The van der Waals surface area contributed by atoms with Crippen LogP contribution in [0.5, 0.6) is 0 Å². The fourth-order valence-electron chi connectivity index (χ4n) is 3.27. The summed E-state index contributed by atoms with van der Waals surface area (Å²) in [5.41, 5.74) is 2.05.